The van der Waals surface area contributed by atoms with Crippen LogP contribution in [0.25, 0.3) is 0 Å². The van der Waals surface area contributed by atoms with Gasteiger partial charge in [-0.3, -0.25) is 4.99 Å². The molecule has 2 aromatic rings. The van der Waals surface area contributed by atoms with Gasteiger partial charge in [0.1, 0.15) is 5.82 Å². The number of anilines is 1. The normalized spacial score (nSPS) is 19.7. The third-order valence-electron chi connectivity index (χ3n) is 5.37. The highest BCUT2D eigenvalue weighted by atomic mass is 127. The molecule has 1 fully saturated rings. The van der Waals surface area contributed by atoms with Crippen LogP contribution >= 0.6 is 24.0 Å². The third-order valence-corrected chi connectivity index (χ3v) is 5.37. The summed E-state index contributed by atoms with van der Waals surface area (Å²) >= 11 is 0. The summed E-state index contributed by atoms with van der Waals surface area (Å²) in [7, 11) is 5.92. The van der Waals surface area contributed by atoms with Crippen LogP contribution in [0, 0.1) is 5.92 Å². The SMILES string of the molecule is CN=C(NCc1cccnc1N(C)C)N1CCC(c2ccccc2)C(C)C1.I. The molecule has 2 atom stereocenters. The van der Waals surface area contributed by atoms with E-state index in [1.165, 1.54) is 11.1 Å². The second kappa shape index (κ2) is 10.6. The van der Waals surface area contributed by atoms with Crippen LogP contribution in [0.1, 0.15) is 30.4 Å². The fourth-order valence-corrected chi connectivity index (χ4v) is 4.01. The predicted molar refractivity (Wildman–Crippen MR) is 129 cm³/mol. The Morgan fingerprint density at radius 1 is 1.21 bits per heavy atom. The van der Waals surface area contributed by atoms with Gasteiger partial charge in [-0.25, -0.2) is 4.98 Å². The summed E-state index contributed by atoms with van der Waals surface area (Å²) in [6, 6.07) is 15.0. The van der Waals surface area contributed by atoms with Crippen molar-refractivity contribution in [3.63, 3.8) is 0 Å². The number of aliphatic imine (C=N–C) groups is 1. The van der Waals surface area contributed by atoms with E-state index in [2.05, 4.69) is 63.5 Å². The molecule has 3 rings (SSSR count). The highest BCUT2D eigenvalue weighted by Crippen LogP contribution is 2.32. The Hall–Kier alpha value is -1.83. The first kappa shape index (κ1) is 22.5. The number of piperidine rings is 1. The molecule has 2 heterocycles. The van der Waals surface area contributed by atoms with Gasteiger partial charge in [0.2, 0.25) is 0 Å². The molecule has 0 amide bonds. The van der Waals surface area contributed by atoms with Crippen molar-refractivity contribution in [2.75, 3.05) is 39.1 Å². The predicted octanol–water partition coefficient (Wildman–Crippen LogP) is 3.97. The lowest BCUT2D eigenvalue weighted by molar-refractivity contribution is 0.234. The molecular weight excluding hydrogens is 461 g/mol. The molecule has 0 bridgehead atoms. The summed E-state index contributed by atoms with van der Waals surface area (Å²) in [6.45, 7) is 5.12. The Morgan fingerprint density at radius 3 is 2.61 bits per heavy atom. The first-order valence-corrected chi connectivity index (χ1v) is 9.72. The van der Waals surface area contributed by atoms with E-state index in [1.54, 1.807) is 0 Å². The number of aromatic nitrogens is 1. The monoisotopic (exact) mass is 493 g/mol. The quantitative estimate of drug-likeness (QED) is 0.398. The van der Waals surface area contributed by atoms with Crippen LogP contribution in [-0.2, 0) is 6.54 Å². The number of nitrogens with zero attached hydrogens (tertiary/aromatic N) is 4. The summed E-state index contributed by atoms with van der Waals surface area (Å²) in [5.74, 6) is 3.19. The number of benzene rings is 1. The maximum Gasteiger partial charge on any atom is 0.193 e. The minimum absolute atomic E-state index is 0. The van der Waals surface area contributed by atoms with Gasteiger partial charge in [0.25, 0.3) is 0 Å². The highest BCUT2D eigenvalue weighted by Gasteiger charge is 2.28. The Morgan fingerprint density at radius 2 is 1.96 bits per heavy atom. The second-order valence-electron chi connectivity index (χ2n) is 7.51. The number of likely N-dealkylation sites (tertiary alicyclic amines) is 1. The topological polar surface area (TPSA) is 43.8 Å². The fraction of sp³-hybridized carbons (Fsp3) is 0.455. The number of hydrogen-bond donors (Lipinski definition) is 1. The zero-order chi connectivity index (χ0) is 19.2. The van der Waals surface area contributed by atoms with Crippen LogP contribution in [0.15, 0.2) is 53.7 Å². The Labute approximate surface area is 186 Å². The van der Waals surface area contributed by atoms with E-state index in [0.717, 1.165) is 37.8 Å². The summed E-state index contributed by atoms with van der Waals surface area (Å²) in [4.78, 5) is 13.4. The van der Waals surface area contributed by atoms with Gasteiger partial charge in [-0.15, -0.1) is 24.0 Å². The molecule has 5 nitrogen and oxygen atoms in total. The van der Waals surface area contributed by atoms with Gasteiger partial charge in [-0.1, -0.05) is 43.3 Å². The van der Waals surface area contributed by atoms with E-state index in [-0.39, 0.29) is 24.0 Å². The molecule has 1 aromatic carbocycles. The molecule has 152 valence electrons. The first-order valence-electron chi connectivity index (χ1n) is 9.72. The van der Waals surface area contributed by atoms with Gasteiger partial charge < -0.3 is 15.1 Å². The number of hydrogen-bond acceptors (Lipinski definition) is 3. The van der Waals surface area contributed by atoms with Crippen LogP contribution < -0.4 is 10.2 Å². The van der Waals surface area contributed by atoms with E-state index in [4.69, 9.17) is 0 Å². The van der Waals surface area contributed by atoms with Crippen LogP contribution in [0.5, 0.6) is 0 Å². The van der Waals surface area contributed by atoms with Crippen LogP contribution in [0.4, 0.5) is 5.82 Å². The molecule has 0 spiro atoms. The molecule has 0 radical (unpaired) electrons. The van der Waals surface area contributed by atoms with Crippen molar-refractivity contribution < 1.29 is 0 Å². The van der Waals surface area contributed by atoms with Crippen molar-refractivity contribution >= 4 is 35.8 Å². The highest BCUT2D eigenvalue weighted by molar-refractivity contribution is 14.0. The lowest BCUT2D eigenvalue weighted by atomic mass is 9.82. The van der Waals surface area contributed by atoms with Crippen molar-refractivity contribution in [3.8, 4) is 0 Å². The van der Waals surface area contributed by atoms with E-state index in [1.807, 2.05) is 38.3 Å². The average molecular weight is 493 g/mol. The summed E-state index contributed by atoms with van der Waals surface area (Å²) < 4.78 is 0. The van der Waals surface area contributed by atoms with E-state index < -0.39 is 0 Å². The van der Waals surface area contributed by atoms with Gasteiger partial charge in [-0.05, 0) is 29.9 Å². The zero-order valence-electron chi connectivity index (χ0n) is 17.3. The van der Waals surface area contributed by atoms with Crippen LogP contribution in [0.2, 0.25) is 0 Å². The molecular formula is C22H32IN5. The largest absolute Gasteiger partial charge is 0.362 e. The van der Waals surface area contributed by atoms with Gasteiger partial charge >= 0.3 is 0 Å². The lowest BCUT2D eigenvalue weighted by Gasteiger charge is -2.39. The van der Waals surface area contributed by atoms with Gasteiger partial charge in [-0.2, -0.15) is 0 Å². The third kappa shape index (κ3) is 5.37. The molecule has 1 aromatic heterocycles. The molecule has 0 aliphatic carbocycles. The summed E-state index contributed by atoms with van der Waals surface area (Å²) in [5.41, 5.74) is 2.63. The number of guanidine groups is 1. The van der Waals surface area contributed by atoms with E-state index in [9.17, 15) is 0 Å². The van der Waals surface area contributed by atoms with Gasteiger partial charge in [0, 0.05) is 52.5 Å². The fourth-order valence-electron chi connectivity index (χ4n) is 4.01. The maximum absolute atomic E-state index is 4.53. The van der Waals surface area contributed by atoms with Gasteiger partial charge in [0.05, 0.1) is 0 Å². The summed E-state index contributed by atoms with van der Waals surface area (Å²) in [6.07, 6.45) is 2.99. The standard InChI is InChI=1S/C22H31N5.HI/c1-17-16-27(14-12-20(17)18-9-6-5-7-10-18)22(23-2)25-15-19-11-8-13-24-21(19)26(3)4;/h5-11,13,17,20H,12,14-16H2,1-4H3,(H,23,25);1H. The smallest absolute Gasteiger partial charge is 0.193 e. The van der Waals surface area contributed by atoms with Crippen molar-refractivity contribution in [2.45, 2.75) is 25.8 Å². The Balaban J connectivity index is 0.00000280. The van der Waals surface area contributed by atoms with Crippen molar-refractivity contribution in [3.05, 3.63) is 59.8 Å². The number of nitrogens with one attached hydrogen (secondary N) is 1. The minimum atomic E-state index is 0. The number of halogens is 1. The molecule has 0 saturated carbocycles. The maximum atomic E-state index is 4.53. The van der Waals surface area contributed by atoms with Crippen molar-refractivity contribution in [1.82, 2.24) is 15.2 Å². The van der Waals surface area contributed by atoms with Crippen LogP contribution in [0.3, 0.4) is 0 Å². The van der Waals surface area contributed by atoms with E-state index >= 15 is 0 Å². The summed E-state index contributed by atoms with van der Waals surface area (Å²) in [5, 5.41) is 3.54. The molecule has 1 aliphatic rings. The number of pyridine rings is 1. The second-order valence-corrected chi connectivity index (χ2v) is 7.51. The average Bonchev–Trinajstić information content (AvgIpc) is 2.69. The van der Waals surface area contributed by atoms with Gasteiger partial charge in [0.15, 0.2) is 5.96 Å². The molecule has 2 unspecified atom stereocenters. The lowest BCUT2D eigenvalue weighted by Crippen LogP contribution is -2.47. The molecule has 1 aliphatic heterocycles. The zero-order valence-corrected chi connectivity index (χ0v) is 19.6. The number of rotatable bonds is 4. The Kier molecular flexibility index (Phi) is 8.54. The molecule has 28 heavy (non-hydrogen) atoms. The first-order chi connectivity index (χ1) is 13.1. The van der Waals surface area contributed by atoms with Crippen molar-refractivity contribution in [1.29, 1.82) is 0 Å². The van der Waals surface area contributed by atoms with E-state index in [0.29, 0.717) is 11.8 Å². The molecule has 1 N–H and O–H groups in total. The van der Waals surface area contributed by atoms with Crippen LogP contribution in [-0.4, -0.2) is 50.1 Å². The minimum Gasteiger partial charge on any atom is -0.362 e. The van der Waals surface area contributed by atoms with Crippen molar-refractivity contribution in [2.24, 2.45) is 10.9 Å². The Bertz CT molecular complexity index is 763. The molecule has 1 saturated heterocycles. The molecule has 6 heteroatoms.